The quantitative estimate of drug-likeness (QED) is 0.532. The Morgan fingerprint density at radius 1 is 1.00 bits per heavy atom. The lowest BCUT2D eigenvalue weighted by molar-refractivity contribution is -0.134. The maximum atomic E-state index is 12.7. The van der Waals surface area contributed by atoms with Crippen molar-refractivity contribution in [3.63, 3.8) is 0 Å². The van der Waals surface area contributed by atoms with Crippen LogP contribution < -0.4 is 15.0 Å². The molecule has 0 bridgehead atoms. The maximum absolute atomic E-state index is 12.7. The number of carbonyl (C=O) groups excluding carboxylic acids is 2. The summed E-state index contributed by atoms with van der Waals surface area (Å²) in [6.45, 7) is 6.49. The molecule has 1 aliphatic heterocycles. The van der Waals surface area contributed by atoms with Crippen LogP contribution in [0.5, 0.6) is 5.75 Å². The molecule has 7 heteroatoms. The van der Waals surface area contributed by atoms with Gasteiger partial charge in [0.25, 0.3) is 5.91 Å². The fourth-order valence-electron chi connectivity index (χ4n) is 5.02. The van der Waals surface area contributed by atoms with Gasteiger partial charge in [-0.15, -0.1) is 0 Å². The highest BCUT2D eigenvalue weighted by atomic mass is 35.5. The zero-order valence-corrected chi connectivity index (χ0v) is 21.5. The first kappa shape index (κ1) is 25.4. The Morgan fingerprint density at radius 3 is 2.34 bits per heavy atom. The van der Waals surface area contributed by atoms with E-state index in [1.807, 2.05) is 43.0 Å². The van der Waals surface area contributed by atoms with Crippen LogP contribution in [0.1, 0.15) is 57.4 Å². The molecule has 188 valence electrons. The third kappa shape index (κ3) is 6.69. The van der Waals surface area contributed by atoms with E-state index < -0.39 is 0 Å². The number of carbonyl (C=O) groups is 2. The third-order valence-electron chi connectivity index (χ3n) is 6.99. The van der Waals surface area contributed by atoms with Crippen molar-refractivity contribution in [3.8, 4) is 5.75 Å². The van der Waals surface area contributed by atoms with Gasteiger partial charge in [0.1, 0.15) is 5.75 Å². The molecule has 2 amide bonds. The molecule has 0 spiro atoms. The van der Waals surface area contributed by atoms with E-state index in [2.05, 4.69) is 22.3 Å². The summed E-state index contributed by atoms with van der Waals surface area (Å²) in [5.74, 6) is 1.27. The number of piperazine rings is 1. The van der Waals surface area contributed by atoms with Gasteiger partial charge >= 0.3 is 0 Å². The van der Waals surface area contributed by atoms with Crippen LogP contribution in [0.15, 0.2) is 42.5 Å². The van der Waals surface area contributed by atoms with Crippen molar-refractivity contribution in [2.75, 3.05) is 43.0 Å². The molecule has 2 fully saturated rings. The van der Waals surface area contributed by atoms with Gasteiger partial charge in [-0.25, -0.2) is 0 Å². The summed E-state index contributed by atoms with van der Waals surface area (Å²) < 4.78 is 5.76. The van der Waals surface area contributed by atoms with Gasteiger partial charge in [0.05, 0.1) is 11.4 Å². The van der Waals surface area contributed by atoms with Gasteiger partial charge in [0.15, 0.2) is 6.61 Å². The molecule has 0 radical (unpaired) electrons. The normalized spacial score (nSPS) is 16.9. The SMILES string of the molecule is CC(C)C(=O)N1CCN(c2ccc(Cl)cc2NC(=O)COc2ccc(C3CCCCC3)cc2)CC1. The lowest BCUT2D eigenvalue weighted by atomic mass is 9.84. The molecule has 35 heavy (non-hydrogen) atoms. The van der Waals surface area contributed by atoms with Crippen LogP contribution in [0.25, 0.3) is 0 Å². The van der Waals surface area contributed by atoms with Crippen molar-refractivity contribution in [3.05, 3.63) is 53.1 Å². The van der Waals surface area contributed by atoms with Crippen molar-refractivity contribution in [1.82, 2.24) is 4.90 Å². The minimum absolute atomic E-state index is 0.00427. The second kappa shape index (κ2) is 11.8. The Labute approximate surface area is 213 Å². The summed E-state index contributed by atoms with van der Waals surface area (Å²) in [6, 6.07) is 13.7. The lowest BCUT2D eigenvalue weighted by Crippen LogP contribution is -2.50. The van der Waals surface area contributed by atoms with E-state index in [1.165, 1.54) is 37.7 Å². The molecule has 2 aromatic carbocycles. The Bertz CT molecular complexity index is 1010. The minimum Gasteiger partial charge on any atom is -0.484 e. The largest absolute Gasteiger partial charge is 0.484 e. The van der Waals surface area contributed by atoms with Crippen molar-refractivity contribution in [1.29, 1.82) is 0 Å². The van der Waals surface area contributed by atoms with E-state index in [0.717, 1.165) is 5.69 Å². The number of hydrogen-bond acceptors (Lipinski definition) is 4. The second-order valence-corrected chi connectivity index (χ2v) is 10.3. The van der Waals surface area contributed by atoms with Crippen LogP contribution in [0, 0.1) is 5.92 Å². The van der Waals surface area contributed by atoms with Crippen LogP contribution in [-0.4, -0.2) is 49.5 Å². The lowest BCUT2D eigenvalue weighted by Gasteiger charge is -2.37. The molecular formula is C28H36ClN3O3. The Balaban J connectivity index is 1.33. The summed E-state index contributed by atoms with van der Waals surface area (Å²) in [7, 11) is 0. The van der Waals surface area contributed by atoms with Crippen molar-refractivity contribution in [2.45, 2.75) is 51.9 Å². The smallest absolute Gasteiger partial charge is 0.262 e. The number of hydrogen-bond donors (Lipinski definition) is 1. The standard InChI is InChI=1S/C28H36ClN3O3/c1-20(2)28(34)32-16-14-31(15-17-32)26-13-10-23(29)18-25(26)30-27(33)19-35-24-11-8-22(9-12-24)21-6-4-3-5-7-21/h8-13,18,20-21H,3-7,14-17,19H2,1-2H3,(H,30,33). The van der Waals surface area contributed by atoms with Gasteiger partial charge in [-0.1, -0.05) is 56.8 Å². The monoisotopic (exact) mass is 497 g/mol. The van der Waals surface area contributed by atoms with Crippen molar-refractivity contribution in [2.24, 2.45) is 5.92 Å². The van der Waals surface area contributed by atoms with Gasteiger partial charge in [-0.2, -0.15) is 0 Å². The Morgan fingerprint density at radius 2 is 1.69 bits per heavy atom. The van der Waals surface area contributed by atoms with E-state index in [4.69, 9.17) is 16.3 Å². The molecule has 2 aromatic rings. The van der Waals surface area contributed by atoms with E-state index in [0.29, 0.717) is 48.6 Å². The average Bonchev–Trinajstić information content (AvgIpc) is 2.88. The predicted molar refractivity (Wildman–Crippen MR) is 141 cm³/mol. The molecule has 1 aliphatic carbocycles. The summed E-state index contributed by atoms with van der Waals surface area (Å²) in [5.41, 5.74) is 2.92. The molecule has 1 saturated heterocycles. The zero-order valence-electron chi connectivity index (χ0n) is 20.8. The molecule has 0 unspecified atom stereocenters. The topological polar surface area (TPSA) is 61.9 Å². The van der Waals surface area contributed by atoms with Gasteiger partial charge < -0.3 is 19.9 Å². The average molecular weight is 498 g/mol. The molecule has 1 N–H and O–H groups in total. The number of amides is 2. The van der Waals surface area contributed by atoms with Gasteiger partial charge in [-0.3, -0.25) is 9.59 Å². The number of halogens is 1. The number of ether oxygens (including phenoxy) is 1. The fourth-order valence-corrected chi connectivity index (χ4v) is 5.20. The van der Waals surface area contributed by atoms with Gasteiger partial charge in [-0.05, 0) is 54.7 Å². The summed E-state index contributed by atoms with van der Waals surface area (Å²) in [6.07, 6.45) is 6.47. The van der Waals surface area contributed by atoms with Crippen LogP contribution in [0.3, 0.4) is 0 Å². The van der Waals surface area contributed by atoms with E-state index in [1.54, 1.807) is 6.07 Å². The Kier molecular flexibility index (Phi) is 8.55. The molecule has 2 aliphatic rings. The molecule has 1 heterocycles. The summed E-state index contributed by atoms with van der Waals surface area (Å²) >= 11 is 6.24. The fraction of sp³-hybridized carbons (Fsp3) is 0.500. The number of rotatable bonds is 7. The molecule has 0 aromatic heterocycles. The van der Waals surface area contributed by atoms with Crippen LogP contribution >= 0.6 is 11.6 Å². The zero-order chi connectivity index (χ0) is 24.8. The predicted octanol–water partition coefficient (Wildman–Crippen LogP) is 5.71. The van der Waals surface area contributed by atoms with E-state index >= 15 is 0 Å². The first-order valence-corrected chi connectivity index (χ1v) is 13.1. The van der Waals surface area contributed by atoms with E-state index in [9.17, 15) is 9.59 Å². The molecule has 0 atom stereocenters. The highest BCUT2D eigenvalue weighted by molar-refractivity contribution is 6.31. The minimum atomic E-state index is -0.238. The number of nitrogens with one attached hydrogen (secondary N) is 1. The summed E-state index contributed by atoms with van der Waals surface area (Å²) in [4.78, 5) is 29.1. The third-order valence-corrected chi connectivity index (χ3v) is 7.22. The highest BCUT2D eigenvalue weighted by Crippen LogP contribution is 2.33. The molecule has 6 nitrogen and oxygen atoms in total. The highest BCUT2D eigenvalue weighted by Gasteiger charge is 2.24. The summed E-state index contributed by atoms with van der Waals surface area (Å²) in [5, 5.41) is 3.52. The van der Waals surface area contributed by atoms with Gasteiger partial charge in [0.2, 0.25) is 5.91 Å². The number of anilines is 2. The van der Waals surface area contributed by atoms with Crippen molar-refractivity contribution >= 4 is 34.8 Å². The molecule has 4 rings (SSSR count). The van der Waals surface area contributed by atoms with Crippen LogP contribution in [0.2, 0.25) is 5.02 Å². The van der Waals surface area contributed by atoms with Crippen LogP contribution in [-0.2, 0) is 9.59 Å². The number of nitrogens with zero attached hydrogens (tertiary/aromatic N) is 2. The van der Waals surface area contributed by atoms with E-state index in [-0.39, 0.29) is 24.3 Å². The second-order valence-electron chi connectivity index (χ2n) is 9.87. The van der Waals surface area contributed by atoms with Crippen molar-refractivity contribution < 1.29 is 14.3 Å². The molecule has 1 saturated carbocycles. The maximum Gasteiger partial charge on any atom is 0.262 e. The Hall–Kier alpha value is -2.73. The molecular weight excluding hydrogens is 462 g/mol. The van der Waals surface area contributed by atoms with Gasteiger partial charge in [0, 0.05) is 37.1 Å². The first-order chi connectivity index (χ1) is 16.9. The van der Waals surface area contributed by atoms with Crippen LogP contribution in [0.4, 0.5) is 11.4 Å². The first-order valence-electron chi connectivity index (χ1n) is 12.8. The number of benzene rings is 2.